The van der Waals surface area contributed by atoms with Crippen LogP contribution in [-0.2, 0) is 15.2 Å². The zero-order valence-electron chi connectivity index (χ0n) is 5.31. The molecule has 0 aromatic carbocycles. The summed E-state index contributed by atoms with van der Waals surface area (Å²) in [6, 6.07) is 0. The van der Waals surface area contributed by atoms with Crippen molar-refractivity contribution in [3.8, 4) is 0 Å². The molecule has 0 aromatic heterocycles. The van der Waals surface area contributed by atoms with Gasteiger partial charge in [0.1, 0.15) is 0 Å². The van der Waals surface area contributed by atoms with Crippen LogP contribution in [0.25, 0.3) is 0 Å². The third-order valence-corrected chi connectivity index (χ3v) is 0.348. The maximum atomic E-state index is 9.59. The van der Waals surface area contributed by atoms with Crippen LogP contribution >= 0.6 is 0 Å². The Balaban J connectivity index is 0. The van der Waals surface area contributed by atoms with Crippen molar-refractivity contribution in [1.82, 2.24) is 0 Å². The normalized spacial score (nSPS) is 9.50. The standard InChI is InChI=1S/C3H7NO.H2O4S/c1-2-3(4)5;1-5(2,3)4/h2H2,1H3,(H2,4,5);(H2,1,2,3,4). The molecule has 6 nitrogen and oxygen atoms in total. The van der Waals surface area contributed by atoms with Crippen molar-refractivity contribution >= 4 is 16.3 Å². The smallest absolute Gasteiger partial charge is 0.370 e. The molecular weight excluding hydrogens is 162 g/mol. The molecule has 7 heteroatoms. The number of rotatable bonds is 1. The van der Waals surface area contributed by atoms with Gasteiger partial charge in [0, 0.05) is 6.42 Å². The number of carbonyl (C=O) groups excluding carboxylic acids is 1. The van der Waals surface area contributed by atoms with Crippen LogP contribution in [0, 0.1) is 0 Å². The van der Waals surface area contributed by atoms with E-state index in [-0.39, 0.29) is 5.91 Å². The Labute approximate surface area is 58.6 Å². The zero-order valence-corrected chi connectivity index (χ0v) is 6.13. The Hall–Kier alpha value is -0.660. The molecular formula is C3H9NO5S. The van der Waals surface area contributed by atoms with Gasteiger partial charge in [0.25, 0.3) is 0 Å². The zero-order chi connectivity index (χ0) is 8.78. The predicted octanol–water partition coefficient (Wildman–Crippen LogP) is -0.771. The Morgan fingerprint density at radius 3 is 1.60 bits per heavy atom. The second-order valence-electron chi connectivity index (χ2n) is 1.27. The lowest BCUT2D eigenvalue weighted by molar-refractivity contribution is -0.117. The quantitative estimate of drug-likeness (QED) is 0.447. The van der Waals surface area contributed by atoms with Gasteiger partial charge in [-0.3, -0.25) is 13.9 Å². The Kier molecular flexibility index (Phi) is 6.21. The van der Waals surface area contributed by atoms with E-state index >= 15 is 0 Å². The molecule has 0 atom stereocenters. The van der Waals surface area contributed by atoms with Gasteiger partial charge >= 0.3 is 10.4 Å². The topological polar surface area (TPSA) is 118 Å². The van der Waals surface area contributed by atoms with Crippen molar-refractivity contribution in [2.45, 2.75) is 13.3 Å². The minimum absolute atomic E-state index is 0.245. The Morgan fingerprint density at radius 2 is 1.60 bits per heavy atom. The van der Waals surface area contributed by atoms with Crippen LogP contribution in [0.4, 0.5) is 0 Å². The van der Waals surface area contributed by atoms with E-state index in [0.29, 0.717) is 6.42 Å². The molecule has 0 aromatic rings. The van der Waals surface area contributed by atoms with Crippen LogP contribution in [0.1, 0.15) is 13.3 Å². The maximum Gasteiger partial charge on any atom is 0.394 e. The van der Waals surface area contributed by atoms with Crippen LogP contribution in [0.2, 0.25) is 0 Å². The van der Waals surface area contributed by atoms with Crippen molar-refractivity contribution in [1.29, 1.82) is 0 Å². The van der Waals surface area contributed by atoms with Gasteiger partial charge in [-0.1, -0.05) is 6.92 Å². The number of amides is 1. The molecule has 0 unspecified atom stereocenters. The summed E-state index contributed by atoms with van der Waals surface area (Å²) < 4.78 is 31.6. The van der Waals surface area contributed by atoms with E-state index in [0.717, 1.165) is 0 Å². The van der Waals surface area contributed by atoms with Crippen molar-refractivity contribution < 1.29 is 22.3 Å². The fraction of sp³-hybridized carbons (Fsp3) is 0.667. The molecule has 0 saturated heterocycles. The molecule has 0 rings (SSSR count). The molecule has 0 aliphatic heterocycles. The summed E-state index contributed by atoms with van der Waals surface area (Å²) in [5, 5.41) is 0. The third kappa shape index (κ3) is 164. The molecule has 1 amide bonds. The minimum atomic E-state index is -4.67. The summed E-state index contributed by atoms with van der Waals surface area (Å²) >= 11 is 0. The van der Waals surface area contributed by atoms with Gasteiger partial charge < -0.3 is 5.73 Å². The number of primary amides is 1. The lowest BCUT2D eigenvalue weighted by Gasteiger charge is -1.73. The fourth-order valence-corrected chi connectivity index (χ4v) is 0. The van der Waals surface area contributed by atoms with Crippen LogP contribution in [0.5, 0.6) is 0 Å². The highest BCUT2D eigenvalue weighted by molar-refractivity contribution is 7.79. The molecule has 10 heavy (non-hydrogen) atoms. The summed E-state index contributed by atoms with van der Waals surface area (Å²) in [5.74, 6) is -0.245. The van der Waals surface area contributed by atoms with E-state index in [1.165, 1.54) is 0 Å². The van der Waals surface area contributed by atoms with Gasteiger partial charge in [0.2, 0.25) is 5.91 Å². The van der Waals surface area contributed by atoms with Crippen LogP contribution in [0.15, 0.2) is 0 Å². The van der Waals surface area contributed by atoms with E-state index in [4.69, 9.17) is 17.5 Å². The first-order valence-electron chi connectivity index (χ1n) is 2.25. The van der Waals surface area contributed by atoms with Crippen molar-refractivity contribution in [3.05, 3.63) is 0 Å². The highest BCUT2D eigenvalue weighted by atomic mass is 32.3. The summed E-state index contributed by atoms with van der Waals surface area (Å²) in [6.45, 7) is 1.72. The monoisotopic (exact) mass is 171 g/mol. The Morgan fingerprint density at radius 1 is 1.50 bits per heavy atom. The summed E-state index contributed by atoms with van der Waals surface area (Å²) in [6.07, 6.45) is 0.444. The molecule has 0 bridgehead atoms. The average molecular weight is 171 g/mol. The molecule has 0 aliphatic carbocycles. The lowest BCUT2D eigenvalue weighted by Crippen LogP contribution is -2.06. The van der Waals surface area contributed by atoms with Gasteiger partial charge in [-0.25, -0.2) is 0 Å². The number of hydrogen-bond donors (Lipinski definition) is 3. The molecule has 4 N–H and O–H groups in total. The second-order valence-corrected chi connectivity index (χ2v) is 2.16. The first-order chi connectivity index (χ1) is 4.27. The summed E-state index contributed by atoms with van der Waals surface area (Å²) in [7, 11) is -4.67. The molecule has 0 radical (unpaired) electrons. The van der Waals surface area contributed by atoms with Gasteiger partial charge in [0.05, 0.1) is 0 Å². The third-order valence-electron chi connectivity index (χ3n) is 0.348. The van der Waals surface area contributed by atoms with E-state index < -0.39 is 10.4 Å². The Bertz CT molecular complexity index is 175. The van der Waals surface area contributed by atoms with E-state index in [1.54, 1.807) is 6.92 Å². The second kappa shape index (κ2) is 5.15. The average Bonchev–Trinajstić information content (AvgIpc) is 1.61. The number of hydrogen-bond acceptors (Lipinski definition) is 3. The number of nitrogens with two attached hydrogens (primary N) is 1. The van der Waals surface area contributed by atoms with Crippen molar-refractivity contribution in [2.24, 2.45) is 5.73 Å². The highest BCUT2D eigenvalue weighted by Gasteiger charge is 1.84. The summed E-state index contributed by atoms with van der Waals surface area (Å²) in [5.41, 5.74) is 4.65. The first kappa shape index (κ1) is 12.1. The van der Waals surface area contributed by atoms with Gasteiger partial charge in [-0.05, 0) is 0 Å². The van der Waals surface area contributed by atoms with E-state index in [2.05, 4.69) is 5.73 Å². The predicted molar refractivity (Wildman–Crippen MR) is 33.7 cm³/mol. The lowest BCUT2D eigenvalue weighted by atomic mass is 10.5. The van der Waals surface area contributed by atoms with Crippen LogP contribution < -0.4 is 5.73 Å². The van der Waals surface area contributed by atoms with Crippen molar-refractivity contribution in [2.75, 3.05) is 0 Å². The van der Waals surface area contributed by atoms with E-state index in [9.17, 15) is 4.79 Å². The molecule has 0 saturated carbocycles. The molecule has 62 valence electrons. The molecule has 0 heterocycles. The fourth-order valence-electron chi connectivity index (χ4n) is 0. The van der Waals surface area contributed by atoms with Crippen LogP contribution in [-0.4, -0.2) is 23.4 Å². The van der Waals surface area contributed by atoms with Gasteiger partial charge in [-0.2, -0.15) is 8.42 Å². The number of carbonyl (C=O) groups is 1. The van der Waals surface area contributed by atoms with E-state index in [1.807, 2.05) is 0 Å². The summed E-state index contributed by atoms with van der Waals surface area (Å²) in [4.78, 5) is 9.59. The SMILES string of the molecule is CCC(N)=O.O=S(=O)(O)O. The van der Waals surface area contributed by atoms with Crippen molar-refractivity contribution in [3.63, 3.8) is 0 Å². The highest BCUT2D eigenvalue weighted by Crippen LogP contribution is 1.63. The molecule has 0 aliphatic rings. The van der Waals surface area contributed by atoms with Gasteiger partial charge in [-0.15, -0.1) is 0 Å². The largest absolute Gasteiger partial charge is 0.394 e. The van der Waals surface area contributed by atoms with Crippen LogP contribution in [0.3, 0.4) is 0 Å². The minimum Gasteiger partial charge on any atom is -0.370 e. The molecule has 0 fully saturated rings. The first-order valence-corrected chi connectivity index (χ1v) is 3.65. The van der Waals surface area contributed by atoms with Gasteiger partial charge in [0.15, 0.2) is 0 Å². The molecule has 0 spiro atoms. The maximum absolute atomic E-state index is 9.59.